The molecule has 11 heavy (non-hydrogen) atoms. The van der Waals surface area contributed by atoms with Crippen LogP contribution in [-0.4, -0.2) is 11.7 Å². The fraction of sp³-hybridized carbons (Fsp3) is 0.500. The molecule has 0 fully saturated rings. The lowest BCUT2D eigenvalue weighted by Gasteiger charge is -2.19. The first kappa shape index (κ1) is 6.73. The molecule has 1 aliphatic carbocycles. The van der Waals surface area contributed by atoms with Crippen LogP contribution >= 0.6 is 0 Å². The van der Waals surface area contributed by atoms with E-state index in [-0.39, 0.29) is 6.61 Å². The second kappa shape index (κ2) is 2.58. The van der Waals surface area contributed by atoms with Crippen molar-refractivity contribution in [3.63, 3.8) is 0 Å². The molecule has 58 valence electrons. The van der Waals surface area contributed by atoms with Gasteiger partial charge in [0.2, 0.25) is 0 Å². The van der Waals surface area contributed by atoms with Crippen molar-refractivity contribution in [3.05, 3.63) is 23.0 Å². The maximum absolute atomic E-state index is 8.71. The molecular weight excluding hydrogens is 140 g/mol. The molecule has 1 heterocycles. The molecule has 0 atom stereocenters. The van der Waals surface area contributed by atoms with Gasteiger partial charge in [-0.1, -0.05) is 6.08 Å². The first-order valence-electron chi connectivity index (χ1n) is 3.87. The van der Waals surface area contributed by atoms with E-state index in [0.29, 0.717) is 0 Å². The van der Waals surface area contributed by atoms with Crippen LogP contribution in [0.25, 0.3) is 0 Å². The quantitative estimate of drug-likeness (QED) is 0.640. The van der Waals surface area contributed by atoms with Crippen molar-refractivity contribution in [3.8, 4) is 0 Å². The third-order valence-corrected chi connectivity index (χ3v) is 2.00. The van der Waals surface area contributed by atoms with E-state index in [2.05, 4.69) is 16.3 Å². The smallest absolute Gasteiger partial charge is 0.112 e. The van der Waals surface area contributed by atoms with Gasteiger partial charge in [-0.25, -0.2) is 0 Å². The minimum absolute atomic E-state index is 0.206. The van der Waals surface area contributed by atoms with E-state index < -0.39 is 0 Å². The number of hydrogen-bond acceptors (Lipinski definition) is 3. The lowest BCUT2D eigenvalue weighted by molar-refractivity contribution is 0.299. The Morgan fingerprint density at radius 3 is 3.00 bits per heavy atom. The molecule has 0 unspecified atom stereocenters. The van der Waals surface area contributed by atoms with Gasteiger partial charge in [-0.15, -0.1) is 5.11 Å². The summed E-state index contributed by atoms with van der Waals surface area (Å²) in [5.74, 6) is 0. The number of nitrogens with zero attached hydrogens (tertiary/aromatic N) is 2. The molecule has 1 N–H and O–H groups in total. The molecular formula is C8H10N2O. The minimum Gasteiger partial charge on any atom is -0.396 e. The van der Waals surface area contributed by atoms with Crippen LogP contribution in [0.3, 0.4) is 0 Å². The summed E-state index contributed by atoms with van der Waals surface area (Å²) in [6, 6.07) is 0. The first-order valence-corrected chi connectivity index (χ1v) is 3.87. The highest BCUT2D eigenvalue weighted by molar-refractivity contribution is 5.40. The van der Waals surface area contributed by atoms with Crippen molar-refractivity contribution in [2.45, 2.75) is 19.3 Å². The van der Waals surface area contributed by atoms with E-state index in [0.717, 1.165) is 30.7 Å². The van der Waals surface area contributed by atoms with Crippen LogP contribution in [0.5, 0.6) is 0 Å². The average Bonchev–Trinajstić information content (AvgIpc) is 1.94. The highest BCUT2D eigenvalue weighted by atomic mass is 16.2. The summed E-state index contributed by atoms with van der Waals surface area (Å²) < 4.78 is 0. The lowest BCUT2D eigenvalue weighted by Crippen LogP contribution is -2.05. The van der Waals surface area contributed by atoms with Gasteiger partial charge in [0.1, 0.15) is 5.70 Å². The maximum Gasteiger partial charge on any atom is 0.112 e. The van der Waals surface area contributed by atoms with Crippen LogP contribution in [0.2, 0.25) is 0 Å². The summed E-state index contributed by atoms with van der Waals surface area (Å²) in [6.07, 6.45) is 4.94. The van der Waals surface area contributed by atoms with Crippen molar-refractivity contribution in [1.29, 1.82) is 0 Å². The van der Waals surface area contributed by atoms with E-state index in [4.69, 9.17) is 5.11 Å². The van der Waals surface area contributed by atoms with Gasteiger partial charge in [-0.2, -0.15) is 5.11 Å². The van der Waals surface area contributed by atoms with Crippen LogP contribution in [0.1, 0.15) is 19.3 Å². The van der Waals surface area contributed by atoms with E-state index in [1.807, 2.05) is 0 Å². The van der Waals surface area contributed by atoms with Gasteiger partial charge in [-0.3, -0.25) is 0 Å². The summed E-state index contributed by atoms with van der Waals surface area (Å²) in [4.78, 5) is 0. The van der Waals surface area contributed by atoms with Crippen LogP contribution in [0.4, 0.5) is 0 Å². The number of aliphatic hydroxyl groups is 1. The molecule has 0 bridgehead atoms. The molecule has 3 heteroatoms. The number of azo groups is 1. The summed E-state index contributed by atoms with van der Waals surface area (Å²) in [6.45, 7) is 0.206. The molecule has 0 aromatic rings. The second-order valence-corrected chi connectivity index (χ2v) is 2.74. The standard InChI is InChI=1S/C8H10N2O/c11-5-4-6-2-1-3-7-8(6)10-9-7/h2,11H,1,3-5H2. The minimum atomic E-state index is 0.206. The zero-order valence-corrected chi connectivity index (χ0v) is 6.25. The van der Waals surface area contributed by atoms with Gasteiger partial charge in [0, 0.05) is 6.61 Å². The normalized spacial score (nSPS) is 21.0. The Balaban J connectivity index is 2.14. The molecule has 3 nitrogen and oxygen atoms in total. The van der Waals surface area contributed by atoms with Crippen molar-refractivity contribution in [2.75, 3.05) is 6.61 Å². The zero-order valence-electron chi connectivity index (χ0n) is 6.25. The SMILES string of the molecule is OCCC1=CCCC2=C1N=N2. The first-order chi connectivity index (χ1) is 5.42. The van der Waals surface area contributed by atoms with Crippen molar-refractivity contribution in [2.24, 2.45) is 10.2 Å². The predicted molar refractivity (Wildman–Crippen MR) is 40.9 cm³/mol. The van der Waals surface area contributed by atoms with Gasteiger partial charge in [0.25, 0.3) is 0 Å². The van der Waals surface area contributed by atoms with Crippen LogP contribution in [0.15, 0.2) is 33.3 Å². The third kappa shape index (κ3) is 1.01. The van der Waals surface area contributed by atoms with Crippen LogP contribution < -0.4 is 0 Å². The Bertz CT molecular complexity index is 263. The molecule has 0 aromatic heterocycles. The molecule has 0 aromatic carbocycles. The third-order valence-electron chi connectivity index (χ3n) is 2.00. The fourth-order valence-electron chi connectivity index (χ4n) is 1.41. The Morgan fingerprint density at radius 2 is 2.36 bits per heavy atom. The van der Waals surface area contributed by atoms with Gasteiger partial charge in [-0.05, 0) is 24.8 Å². The predicted octanol–water partition coefficient (Wildman–Crippen LogP) is 1.77. The van der Waals surface area contributed by atoms with E-state index >= 15 is 0 Å². The highest BCUT2D eigenvalue weighted by Crippen LogP contribution is 2.35. The monoisotopic (exact) mass is 150 g/mol. The molecule has 1 aliphatic heterocycles. The topological polar surface area (TPSA) is 45.0 Å². The zero-order chi connectivity index (χ0) is 7.68. The Kier molecular flexibility index (Phi) is 1.58. The van der Waals surface area contributed by atoms with Crippen LogP contribution in [-0.2, 0) is 0 Å². The summed E-state index contributed by atoms with van der Waals surface area (Å²) in [5.41, 5.74) is 3.32. The summed E-state index contributed by atoms with van der Waals surface area (Å²) in [7, 11) is 0. The molecule has 0 amide bonds. The Labute approximate surface area is 65.1 Å². The number of hydrogen-bond donors (Lipinski definition) is 1. The van der Waals surface area contributed by atoms with Crippen molar-refractivity contribution in [1.82, 2.24) is 0 Å². The average molecular weight is 150 g/mol. The molecule has 0 spiro atoms. The van der Waals surface area contributed by atoms with Crippen molar-refractivity contribution < 1.29 is 5.11 Å². The number of rotatable bonds is 2. The lowest BCUT2D eigenvalue weighted by atomic mass is 9.97. The van der Waals surface area contributed by atoms with E-state index in [1.54, 1.807) is 0 Å². The number of aliphatic hydroxyl groups excluding tert-OH is 1. The van der Waals surface area contributed by atoms with Crippen LogP contribution in [0, 0.1) is 0 Å². The molecule has 0 radical (unpaired) electrons. The molecule has 0 saturated heterocycles. The van der Waals surface area contributed by atoms with Gasteiger partial charge >= 0.3 is 0 Å². The highest BCUT2D eigenvalue weighted by Gasteiger charge is 2.20. The molecule has 2 rings (SSSR count). The Morgan fingerprint density at radius 1 is 1.45 bits per heavy atom. The second-order valence-electron chi connectivity index (χ2n) is 2.74. The summed E-state index contributed by atoms with van der Waals surface area (Å²) >= 11 is 0. The summed E-state index contributed by atoms with van der Waals surface area (Å²) in [5, 5.41) is 16.5. The largest absolute Gasteiger partial charge is 0.396 e. The van der Waals surface area contributed by atoms with E-state index in [1.165, 1.54) is 5.57 Å². The van der Waals surface area contributed by atoms with E-state index in [9.17, 15) is 0 Å². The molecule has 0 saturated carbocycles. The maximum atomic E-state index is 8.71. The van der Waals surface area contributed by atoms with Gasteiger partial charge < -0.3 is 5.11 Å². The molecule has 2 aliphatic rings. The Hall–Kier alpha value is -0.960. The fourth-order valence-corrected chi connectivity index (χ4v) is 1.41. The van der Waals surface area contributed by atoms with Gasteiger partial charge in [0.15, 0.2) is 0 Å². The van der Waals surface area contributed by atoms with Crippen molar-refractivity contribution >= 4 is 0 Å². The van der Waals surface area contributed by atoms with Gasteiger partial charge in [0.05, 0.1) is 5.70 Å². The number of allylic oxidation sites excluding steroid dienone is 3.